The Balaban J connectivity index is 1.64. The number of rotatable bonds is 5. The quantitative estimate of drug-likeness (QED) is 0.696. The predicted molar refractivity (Wildman–Crippen MR) is 107 cm³/mol. The summed E-state index contributed by atoms with van der Waals surface area (Å²) in [5.74, 6) is -0.129. The zero-order chi connectivity index (χ0) is 19.5. The van der Waals surface area contributed by atoms with Gasteiger partial charge in [0.05, 0.1) is 5.52 Å². The highest BCUT2D eigenvalue weighted by atomic mass is 16.2. The van der Waals surface area contributed by atoms with Crippen molar-refractivity contribution in [2.75, 3.05) is 13.1 Å². The number of fused-ring (bicyclic) bond motifs is 2. The second kappa shape index (κ2) is 7.84. The van der Waals surface area contributed by atoms with Crippen molar-refractivity contribution in [1.29, 1.82) is 0 Å². The van der Waals surface area contributed by atoms with Crippen LogP contribution in [0.15, 0.2) is 48.7 Å². The average molecular weight is 376 g/mol. The third kappa shape index (κ3) is 3.38. The highest BCUT2D eigenvalue weighted by Gasteiger charge is 2.27. The number of nitrogens with one attached hydrogen (secondary N) is 1. The van der Waals surface area contributed by atoms with Gasteiger partial charge >= 0.3 is 0 Å². The lowest BCUT2D eigenvalue weighted by Gasteiger charge is -2.28. The van der Waals surface area contributed by atoms with Crippen LogP contribution < -0.4 is 5.32 Å². The van der Waals surface area contributed by atoms with E-state index in [9.17, 15) is 9.59 Å². The zero-order valence-corrected chi connectivity index (χ0v) is 16.0. The fraction of sp³-hybridized carbons (Fsp3) is 0.318. The number of nitrogens with zero attached hydrogens (tertiary/aromatic N) is 3. The first kappa shape index (κ1) is 18.2. The summed E-state index contributed by atoms with van der Waals surface area (Å²) in [6.45, 7) is 3.90. The van der Waals surface area contributed by atoms with Crippen LogP contribution in [0.2, 0.25) is 0 Å². The summed E-state index contributed by atoms with van der Waals surface area (Å²) in [7, 11) is 0. The molecule has 6 nitrogen and oxygen atoms in total. The Morgan fingerprint density at radius 1 is 1.11 bits per heavy atom. The largest absolute Gasteiger partial charge is 0.349 e. The molecule has 0 bridgehead atoms. The van der Waals surface area contributed by atoms with Gasteiger partial charge < -0.3 is 10.2 Å². The molecule has 4 rings (SSSR count). The molecule has 0 saturated carbocycles. The zero-order valence-electron chi connectivity index (χ0n) is 16.0. The Bertz CT molecular complexity index is 1020. The molecule has 1 N–H and O–H groups in total. The maximum atomic E-state index is 13.2. The molecular weight excluding hydrogens is 352 g/mol. The Morgan fingerprint density at radius 2 is 1.89 bits per heavy atom. The molecule has 3 heterocycles. The number of amides is 2. The van der Waals surface area contributed by atoms with Gasteiger partial charge in [0.1, 0.15) is 0 Å². The number of pyridine rings is 1. The molecule has 144 valence electrons. The molecule has 6 heteroatoms. The molecule has 2 amide bonds. The second-order valence-corrected chi connectivity index (χ2v) is 7.09. The summed E-state index contributed by atoms with van der Waals surface area (Å²) in [5.41, 5.74) is 3.45. The van der Waals surface area contributed by atoms with Gasteiger partial charge in [-0.15, -0.1) is 0 Å². The van der Waals surface area contributed by atoms with Crippen LogP contribution in [0.3, 0.4) is 0 Å². The van der Waals surface area contributed by atoms with Crippen molar-refractivity contribution in [3.05, 3.63) is 71.3 Å². The summed E-state index contributed by atoms with van der Waals surface area (Å²) >= 11 is 0. The molecule has 0 atom stereocenters. The molecule has 0 fully saturated rings. The highest BCUT2D eigenvalue weighted by molar-refractivity contribution is 6.02. The lowest BCUT2D eigenvalue weighted by Crippen LogP contribution is -2.36. The first-order valence-corrected chi connectivity index (χ1v) is 9.80. The molecule has 0 unspecified atom stereocenters. The van der Waals surface area contributed by atoms with Gasteiger partial charge in [0.15, 0.2) is 5.69 Å². The van der Waals surface area contributed by atoms with Crippen LogP contribution in [0.1, 0.15) is 52.0 Å². The van der Waals surface area contributed by atoms with Crippen LogP contribution in [0.25, 0.3) is 5.52 Å². The average Bonchev–Trinajstić information content (AvgIpc) is 3.13. The van der Waals surface area contributed by atoms with Gasteiger partial charge in [-0.1, -0.05) is 43.7 Å². The van der Waals surface area contributed by atoms with E-state index >= 15 is 0 Å². The van der Waals surface area contributed by atoms with Crippen LogP contribution in [0.4, 0.5) is 0 Å². The van der Waals surface area contributed by atoms with Crippen molar-refractivity contribution in [2.45, 2.75) is 32.7 Å². The number of carbonyl (C=O) groups excluding carboxylic acids is 2. The Labute approximate surface area is 164 Å². The van der Waals surface area contributed by atoms with Crippen molar-refractivity contribution in [3.8, 4) is 0 Å². The van der Waals surface area contributed by atoms with E-state index in [1.54, 1.807) is 10.6 Å². The summed E-state index contributed by atoms with van der Waals surface area (Å²) in [6, 6.07) is 13.7. The van der Waals surface area contributed by atoms with E-state index in [1.807, 2.05) is 35.2 Å². The maximum Gasteiger partial charge on any atom is 0.287 e. The van der Waals surface area contributed by atoms with E-state index in [0.717, 1.165) is 19.3 Å². The molecule has 1 aromatic carbocycles. The van der Waals surface area contributed by atoms with Crippen molar-refractivity contribution in [1.82, 2.24) is 19.6 Å². The fourth-order valence-electron chi connectivity index (χ4n) is 3.63. The Morgan fingerprint density at radius 3 is 2.71 bits per heavy atom. The number of carbonyl (C=O) groups is 2. The minimum absolute atomic E-state index is 0.134. The van der Waals surface area contributed by atoms with Crippen LogP contribution in [0.5, 0.6) is 0 Å². The molecule has 2 aromatic heterocycles. The third-order valence-corrected chi connectivity index (χ3v) is 5.19. The first-order chi connectivity index (χ1) is 13.7. The first-order valence-electron chi connectivity index (χ1n) is 9.80. The van der Waals surface area contributed by atoms with E-state index < -0.39 is 0 Å². The van der Waals surface area contributed by atoms with Crippen molar-refractivity contribution in [2.24, 2.45) is 0 Å². The van der Waals surface area contributed by atoms with Crippen molar-refractivity contribution < 1.29 is 9.59 Å². The second-order valence-electron chi connectivity index (χ2n) is 7.09. The SMILES string of the molecule is CCCCNC(=O)c1nc(C(=O)N2CCc3ccccc3C2)c2ccccn12. The van der Waals surface area contributed by atoms with E-state index in [-0.39, 0.29) is 17.6 Å². The van der Waals surface area contributed by atoms with E-state index in [0.29, 0.717) is 30.8 Å². The molecule has 3 aromatic rings. The number of hydrogen-bond acceptors (Lipinski definition) is 3. The number of imidazole rings is 1. The molecule has 1 aliphatic heterocycles. The summed E-state index contributed by atoms with van der Waals surface area (Å²) < 4.78 is 1.70. The van der Waals surface area contributed by atoms with Gasteiger partial charge in [0.25, 0.3) is 11.8 Å². The topological polar surface area (TPSA) is 66.7 Å². The smallest absolute Gasteiger partial charge is 0.287 e. The Hall–Kier alpha value is -3.15. The predicted octanol–water partition coefficient (Wildman–Crippen LogP) is 3.06. The van der Waals surface area contributed by atoms with Crippen LogP contribution in [-0.4, -0.2) is 39.2 Å². The van der Waals surface area contributed by atoms with Gasteiger partial charge in [0.2, 0.25) is 5.82 Å². The number of unbranched alkanes of at least 4 members (excludes halogenated alkanes) is 1. The van der Waals surface area contributed by atoms with Gasteiger partial charge in [-0.05, 0) is 36.1 Å². The van der Waals surface area contributed by atoms with Crippen LogP contribution >= 0.6 is 0 Å². The summed E-state index contributed by atoms with van der Waals surface area (Å²) in [6.07, 6.45) is 4.52. The fourth-order valence-corrected chi connectivity index (χ4v) is 3.63. The van der Waals surface area contributed by atoms with Gasteiger partial charge in [-0.3, -0.25) is 14.0 Å². The lowest BCUT2D eigenvalue weighted by molar-refractivity contribution is 0.0731. The molecule has 0 aliphatic carbocycles. The van der Waals surface area contributed by atoms with Crippen LogP contribution in [0, 0.1) is 0 Å². The minimum atomic E-state index is -0.252. The number of hydrogen-bond donors (Lipinski definition) is 1. The molecule has 0 spiro atoms. The van der Waals surface area contributed by atoms with Crippen molar-refractivity contribution in [3.63, 3.8) is 0 Å². The van der Waals surface area contributed by atoms with E-state index in [4.69, 9.17) is 0 Å². The summed E-state index contributed by atoms with van der Waals surface area (Å²) in [5, 5.41) is 2.89. The monoisotopic (exact) mass is 376 g/mol. The lowest BCUT2D eigenvalue weighted by atomic mass is 10.00. The van der Waals surface area contributed by atoms with E-state index in [1.165, 1.54) is 11.1 Å². The molecular formula is C22H24N4O2. The Kier molecular flexibility index (Phi) is 5.10. The minimum Gasteiger partial charge on any atom is -0.349 e. The normalized spacial score (nSPS) is 13.4. The van der Waals surface area contributed by atoms with E-state index in [2.05, 4.69) is 29.4 Å². The highest BCUT2D eigenvalue weighted by Crippen LogP contribution is 2.22. The molecule has 0 saturated heterocycles. The standard InChI is InChI=1S/C22H24N4O2/c1-2-3-12-23-21(27)20-24-19(18-10-6-7-13-26(18)20)22(28)25-14-11-16-8-4-5-9-17(16)15-25/h4-10,13H,2-3,11-12,14-15H2,1H3,(H,23,27). The summed E-state index contributed by atoms with van der Waals surface area (Å²) in [4.78, 5) is 32.1. The third-order valence-electron chi connectivity index (χ3n) is 5.19. The van der Waals surface area contributed by atoms with Gasteiger partial charge in [-0.2, -0.15) is 0 Å². The molecule has 1 aliphatic rings. The van der Waals surface area contributed by atoms with Gasteiger partial charge in [0, 0.05) is 25.8 Å². The van der Waals surface area contributed by atoms with Gasteiger partial charge in [-0.25, -0.2) is 4.98 Å². The number of aromatic nitrogens is 2. The molecule has 28 heavy (non-hydrogen) atoms. The number of benzene rings is 1. The van der Waals surface area contributed by atoms with Crippen LogP contribution in [-0.2, 0) is 13.0 Å². The van der Waals surface area contributed by atoms with Crippen molar-refractivity contribution >= 4 is 17.3 Å². The maximum absolute atomic E-state index is 13.2. The molecule has 0 radical (unpaired) electrons.